The number of benzene rings is 1. The largest absolute Gasteiger partial charge is 0.159 e. The molecule has 0 spiro atoms. The van der Waals surface area contributed by atoms with Crippen LogP contribution in [0.1, 0.15) is 25.3 Å². The molecule has 2 rings (SSSR count). The van der Waals surface area contributed by atoms with Gasteiger partial charge in [-0.1, -0.05) is 32.0 Å². The van der Waals surface area contributed by atoms with Gasteiger partial charge in [0, 0.05) is 11.8 Å². The van der Waals surface area contributed by atoms with Crippen LogP contribution in [0.25, 0.3) is 11.3 Å². The van der Waals surface area contributed by atoms with Crippen molar-refractivity contribution >= 4 is 0 Å². The Balaban J connectivity index is 2.42. The minimum absolute atomic E-state index is 0.543. The third-order valence-electron chi connectivity index (χ3n) is 2.42. The molecule has 0 fully saturated rings. The molecule has 2 heteroatoms. The van der Waals surface area contributed by atoms with Crippen LogP contribution in [-0.4, -0.2) is 10.2 Å². The van der Waals surface area contributed by atoms with Crippen LogP contribution in [0, 0.1) is 0 Å². The van der Waals surface area contributed by atoms with Gasteiger partial charge in [0.15, 0.2) is 0 Å². The van der Waals surface area contributed by atoms with Gasteiger partial charge in [-0.25, -0.2) is 0 Å². The predicted octanol–water partition coefficient (Wildman–Crippen LogP) is 3.27. The highest BCUT2D eigenvalue weighted by atomic mass is 15.1. The van der Waals surface area contributed by atoms with Crippen molar-refractivity contribution in [2.45, 2.75) is 19.8 Å². The maximum atomic E-state index is 4.10. The molecule has 1 aromatic heterocycles. The highest BCUT2D eigenvalue weighted by Gasteiger charge is 2.02. The summed E-state index contributed by atoms with van der Waals surface area (Å²) in [5.41, 5.74) is 3.40. The van der Waals surface area contributed by atoms with Crippen LogP contribution in [-0.2, 0) is 0 Å². The van der Waals surface area contributed by atoms with Gasteiger partial charge in [-0.05, 0) is 29.7 Å². The highest BCUT2D eigenvalue weighted by molar-refractivity contribution is 5.59. The number of hydrogen-bond donors (Lipinski definition) is 0. The van der Waals surface area contributed by atoms with E-state index in [2.05, 4.69) is 48.3 Å². The summed E-state index contributed by atoms with van der Waals surface area (Å²) in [5.74, 6) is 0.543. The van der Waals surface area contributed by atoms with Crippen molar-refractivity contribution in [3.63, 3.8) is 0 Å². The molecule has 0 N–H and O–H groups in total. The number of aromatic nitrogens is 2. The lowest BCUT2D eigenvalue weighted by Gasteiger charge is -2.06. The van der Waals surface area contributed by atoms with Crippen LogP contribution in [0.4, 0.5) is 0 Å². The van der Waals surface area contributed by atoms with Crippen molar-refractivity contribution in [3.05, 3.63) is 48.2 Å². The molecule has 15 heavy (non-hydrogen) atoms. The van der Waals surface area contributed by atoms with Crippen LogP contribution in [0.5, 0.6) is 0 Å². The number of hydrogen-bond acceptors (Lipinski definition) is 2. The molecule has 1 heterocycles. The van der Waals surface area contributed by atoms with Crippen LogP contribution in [0.3, 0.4) is 0 Å². The van der Waals surface area contributed by atoms with Crippen molar-refractivity contribution in [1.82, 2.24) is 10.2 Å². The minimum atomic E-state index is 0.543. The molecule has 1 aromatic carbocycles. The maximum Gasteiger partial charge on any atom is 0.0929 e. The summed E-state index contributed by atoms with van der Waals surface area (Å²) in [6.07, 6.45) is 1.69. The second-order valence-electron chi connectivity index (χ2n) is 3.89. The van der Waals surface area contributed by atoms with Crippen LogP contribution < -0.4 is 0 Å². The highest BCUT2D eigenvalue weighted by Crippen LogP contribution is 2.21. The van der Waals surface area contributed by atoms with Crippen molar-refractivity contribution in [1.29, 1.82) is 0 Å². The molecule has 0 radical (unpaired) electrons. The van der Waals surface area contributed by atoms with Gasteiger partial charge in [-0.3, -0.25) is 0 Å². The van der Waals surface area contributed by atoms with Gasteiger partial charge in [0.1, 0.15) is 0 Å². The van der Waals surface area contributed by atoms with E-state index in [-0.39, 0.29) is 0 Å². The summed E-state index contributed by atoms with van der Waals surface area (Å²) in [5, 5.41) is 7.99. The zero-order valence-electron chi connectivity index (χ0n) is 9.01. The number of nitrogens with zero attached hydrogens (tertiary/aromatic N) is 2. The first kappa shape index (κ1) is 9.84. The smallest absolute Gasteiger partial charge is 0.0929 e. The Morgan fingerprint density at radius 3 is 2.60 bits per heavy atom. The molecular weight excluding hydrogens is 184 g/mol. The third-order valence-corrected chi connectivity index (χ3v) is 2.42. The maximum absolute atomic E-state index is 4.10. The van der Waals surface area contributed by atoms with Crippen molar-refractivity contribution in [3.8, 4) is 11.3 Å². The molecular formula is C13H14N2. The van der Waals surface area contributed by atoms with E-state index in [0.29, 0.717) is 5.92 Å². The molecule has 2 aromatic rings. The number of rotatable bonds is 2. The van der Waals surface area contributed by atoms with E-state index in [1.165, 1.54) is 5.56 Å². The van der Waals surface area contributed by atoms with E-state index in [4.69, 9.17) is 0 Å². The van der Waals surface area contributed by atoms with Gasteiger partial charge in [0.25, 0.3) is 0 Å². The second-order valence-corrected chi connectivity index (χ2v) is 3.89. The molecule has 0 atom stereocenters. The van der Waals surface area contributed by atoms with Crippen LogP contribution in [0.15, 0.2) is 42.6 Å². The molecule has 0 saturated heterocycles. The van der Waals surface area contributed by atoms with E-state index in [9.17, 15) is 0 Å². The average Bonchev–Trinajstić information content (AvgIpc) is 2.30. The standard InChI is InChI=1S/C13H14N2/c1-10(2)11-5-3-6-12(9-11)13-7-4-8-14-15-13/h3-10H,1-2H3. The molecule has 0 aliphatic heterocycles. The zero-order valence-corrected chi connectivity index (χ0v) is 9.01. The molecule has 0 bridgehead atoms. The predicted molar refractivity (Wildman–Crippen MR) is 61.6 cm³/mol. The fourth-order valence-electron chi connectivity index (χ4n) is 1.51. The summed E-state index contributed by atoms with van der Waals surface area (Å²) in [4.78, 5) is 0. The van der Waals surface area contributed by atoms with Gasteiger partial charge < -0.3 is 0 Å². The lowest BCUT2D eigenvalue weighted by molar-refractivity contribution is 0.867. The molecule has 0 saturated carbocycles. The Morgan fingerprint density at radius 1 is 1.07 bits per heavy atom. The van der Waals surface area contributed by atoms with Crippen LogP contribution >= 0.6 is 0 Å². The van der Waals surface area contributed by atoms with Gasteiger partial charge >= 0.3 is 0 Å². The van der Waals surface area contributed by atoms with Crippen molar-refractivity contribution in [2.75, 3.05) is 0 Å². The Labute approximate surface area is 90.0 Å². The Bertz CT molecular complexity index is 435. The monoisotopic (exact) mass is 198 g/mol. The average molecular weight is 198 g/mol. The lowest BCUT2D eigenvalue weighted by Crippen LogP contribution is -1.90. The van der Waals surface area contributed by atoms with Crippen molar-refractivity contribution in [2.24, 2.45) is 0 Å². The molecule has 0 aliphatic rings. The van der Waals surface area contributed by atoms with E-state index >= 15 is 0 Å². The first-order valence-electron chi connectivity index (χ1n) is 5.15. The van der Waals surface area contributed by atoms with Gasteiger partial charge in [0.2, 0.25) is 0 Å². The molecule has 0 amide bonds. The fourth-order valence-corrected chi connectivity index (χ4v) is 1.51. The van der Waals surface area contributed by atoms with E-state index < -0.39 is 0 Å². The van der Waals surface area contributed by atoms with E-state index in [1.54, 1.807) is 6.20 Å². The van der Waals surface area contributed by atoms with Gasteiger partial charge in [-0.15, -0.1) is 0 Å². The fraction of sp³-hybridized carbons (Fsp3) is 0.231. The molecule has 76 valence electrons. The second kappa shape index (κ2) is 4.22. The van der Waals surface area contributed by atoms with Gasteiger partial charge in [0.05, 0.1) is 5.69 Å². The Hall–Kier alpha value is -1.70. The molecule has 0 aliphatic carbocycles. The summed E-state index contributed by atoms with van der Waals surface area (Å²) in [6.45, 7) is 4.38. The van der Waals surface area contributed by atoms with Crippen LogP contribution in [0.2, 0.25) is 0 Å². The van der Waals surface area contributed by atoms with E-state index in [1.807, 2.05) is 12.1 Å². The lowest BCUT2D eigenvalue weighted by atomic mass is 10.00. The van der Waals surface area contributed by atoms with Crippen molar-refractivity contribution < 1.29 is 0 Å². The Morgan fingerprint density at radius 2 is 1.93 bits per heavy atom. The van der Waals surface area contributed by atoms with E-state index in [0.717, 1.165) is 11.3 Å². The first-order valence-corrected chi connectivity index (χ1v) is 5.15. The quantitative estimate of drug-likeness (QED) is 0.740. The third kappa shape index (κ3) is 2.21. The molecule has 0 unspecified atom stereocenters. The summed E-state index contributed by atoms with van der Waals surface area (Å²) in [6, 6.07) is 12.3. The SMILES string of the molecule is CC(C)c1cccc(-c2cccnn2)c1. The Kier molecular flexibility index (Phi) is 2.77. The minimum Gasteiger partial charge on any atom is -0.159 e. The normalized spacial score (nSPS) is 10.6. The summed E-state index contributed by atoms with van der Waals surface area (Å²) >= 11 is 0. The summed E-state index contributed by atoms with van der Waals surface area (Å²) in [7, 11) is 0. The first-order chi connectivity index (χ1) is 7.27. The van der Waals surface area contributed by atoms with Gasteiger partial charge in [-0.2, -0.15) is 10.2 Å². The molecule has 2 nitrogen and oxygen atoms in total. The summed E-state index contributed by atoms with van der Waals surface area (Å²) < 4.78 is 0. The topological polar surface area (TPSA) is 25.8 Å². The zero-order chi connectivity index (χ0) is 10.7.